The monoisotopic (exact) mass is 222 g/mol. The topological polar surface area (TPSA) is 29.5 Å². The van der Waals surface area contributed by atoms with Crippen LogP contribution in [0.1, 0.15) is 0 Å². The Labute approximate surface area is 99.8 Å². The normalized spacial score (nSPS) is 10.6. The van der Waals surface area contributed by atoms with Gasteiger partial charge in [-0.05, 0) is 16.8 Å². The second kappa shape index (κ2) is 4.11. The summed E-state index contributed by atoms with van der Waals surface area (Å²) in [5, 5.41) is 13.3. The summed E-state index contributed by atoms with van der Waals surface area (Å²) in [7, 11) is -0.308. The summed E-state index contributed by atoms with van der Waals surface area (Å²) >= 11 is 0. The maximum Gasteiger partial charge on any atom is 0.504 e. The first kappa shape index (κ1) is 10.2. The predicted molar refractivity (Wildman–Crippen MR) is 71.4 cm³/mol. The van der Waals surface area contributed by atoms with E-state index in [4.69, 9.17) is 9.68 Å². The first-order valence-electron chi connectivity index (χ1n) is 5.54. The lowest BCUT2D eigenvalue weighted by Crippen LogP contribution is -2.01. The van der Waals surface area contributed by atoms with E-state index in [0.29, 0.717) is 0 Å². The molecule has 0 atom stereocenters. The van der Waals surface area contributed by atoms with Crippen LogP contribution in [-0.2, 0) is 0 Å². The van der Waals surface area contributed by atoms with Crippen LogP contribution >= 0.6 is 0 Å². The summed E-state index contributed by atoms with van der Waals surface area (Å²) < 4.78 is 5.39. The second-order valence-corrected chi connectivity index (χ2v) is 3.92. The van der Waals surface area contributed by atoms with Crippen molar-refractivity contribution in [3.05, 3.63) is 54.6 Å². The number of benzene rings is 3. The molecule has 1 N–H and O–H groups in total. The Bertz CT molecular complexity index is 625. The molecule has 0 radical (unpaired) electrons. The van der Waals surface area contributed by atoms with E-state index in [1.165, 1.54) is 0 Å². The van der Waals surface area contributed by atoms with Crippen LogP contribution in [0.25, 0.3) is 21.5 Å². The van der Waals surface area contributed by atoms with Gasteiger partial charge in [-0.1, -0.05) is 48.5 Å². The fourth-order valence-corrected chi connectivity index (χ4v) is 2.19. The smallest absolute Gasteiger partial charge is 0.504 e. The van der Waals surface area contributed by atoms with Crippen LogP contribution in [-0.4, -0.2) is 12.7 Å². The number of rotatable bonds is 2. The van der Waals surface area contributed by atoms with Gasteiger partial charge >= 0.3 is 7.69 Å². The van der Waals surface area contributed by atoms with Crippen molar-refractivity contribution in [2.75, 3.05) is 0 Å². The fraction of sp³-hybridized carbons (Fsp3) is 0. The van der Waals surface area contributed by atoms with Crippen molar-refractivity contribution in [2.24, 2.45) is 0 Å². The summed E-state index contributed by atoms with van der Waals surface area (Å²) in [6.07, 6.45) is 0. The second-order valence-electron chi connectivity index (χ2n) is 3.92. The SMILES string of the molecule is OBOc1c2ccccc2cc2ccccc12. The van der Waals surface area contributed by atoms with Gasteiger partial charge in [0.15, 0.2) is 0 Å². The molecule has 0 spiro atoms. The van der Waals surface area contributed by atoms with Gasteiger partial charge < -0.3 is 9.68 Å². The molecule has 0 aliphatic heterocycles. The van der Waals surface area contributed by atoms with Crippen LogP contribution < -0.4 is 4.65 Å². The van der Waals surface area contributed by atoms with Crippen molar-refractivity contribution in [3.8, 4) is 5.75 Å². The molecule has 0 bridgehead atoms. The molecule has 0 aromatic heterocycles. The van der Waals surface area contributed by atoms with E-state index in [1.807, 2.05) is 48.5 Å². The standard InChI is InChI=1S/C14H11BO2/c16-15-17-14-12-7-3-1-5-10(12)9-11-6-2-4-8-13(11)14/h1-9,15-16H. The Hall–Kier alpha value is -2.00. The first-order chi connectivity index (χ1) is 8.40. The van der Waals surface area contributed by atoms with Crippen LogP contribution in [0.5, 0.6) is 5.75 Å². The van der Waals surface area contributed by atoms with Crippen molar-refractivity contribution >= 4 is 29.2 Å². The largest absolute Gasteiger partial charge is 0.538 e. The highest BCUT2D eigenvalue weighted by molar-refractivity contribution is 6.20. The van der Waals surface area contributed by atoms with Crippen molar-refractivity contribution < 1.29 is 9.68 Å². The van der Waals surface area contributed by atoms with Gasteiger partial charge in [0.25, 0.3) is 0 Å². The molecular weight excluding hydrogens is 211 g/mol. The van der Waals surface area contributed by atoms with E-state index in [1.54, 1.807) is 0 Å². The van der Waals surface area contributed by atoms with E-state index >= 15 is 0 Å². The van der Waals surface area contributed by atoms with Gasteiger partial charge in [0.1, 0.15) is 5.75 Å². The van der Waals surface area contributed by atoms with Gasteiger partial charge in [-0.2, -0.15) is 0 Å². The molecule has 3 rings (SSSR count). The highest BCUT2D eigenvalue weighted by Gasteiger charge is 2.07. The van der Waals surface area contributed by atoms with Gasteiger partial charge in [-0.15, -0.1) is 0 Å². The van der Waals surface area contributed by atoms with Gasteiger partial charge in [0, 0.05) is 10.8 Å². The Morgan fingerprint density at radius 1 is 0.824 bits per heavy atom. The zero-order valence-corrected chi connectivity index (χ0v) is 9.26. The lowest BCUT2D eigenvalue weighted by Gasteiger charge is -2.11. The Kier molecular flexibility index (Phi) is 2.46. The van der Waals surface area contributed by atoms with Crippen molar-refractivity contribution in [2.45, 2.75) is 0 Å². The van der Waals surface area contributed by atoms with Gasteiger partial charge in [-0.3, -0.25) is 0 Å². The number of hydrogen-bond donors (Lipinski definition) is 1. The van der Waals surface area contributed by atoms with Crippen molar-refractivity contribution in [1.82, 2.24) is 0 Å². The lowest BCUT2D eigenvalue weighted by molar-refractivity contribution is 0.459. The van der Waals surface area contributed by atoms with Crippen LogP contribution in [0.15, 0.2) is 54.6 Å². The van der Waals surface area contributed by atoms with Gasteiger partial charge in [-0.25, -0.2) is 0 Å². The van der Waals surface area contributed by atoms with Crippen molar-refractivity contribution in [1.29, 1.82) is 0 Å². The van der Waals surface area contributed by atoms with Crippen LogP contribution in [0, 0.1) is 0 Å². The van der Waals surface area contributed by atoms with Crippen LogP contribution in [0.4, 0.5) is 0 Å². The fourth-order valence-electron chi connectivity index (χ4n) is 2.19. The molecule has 0 heterocycles. The van der Waals surface area contributed by atoms with E-state index in [9.17, 15) is 0 Å². The molecule has 17 heavy (non-hydrogen) atoms. The maximum absolute atomic E-state index is 9.02. The number of hydrogen-bond acceptors (Lipinski definition) is 2. The summed E-state index contributed by atoms with van der Waals surface area (Å²) in [4.78, 5) is 0. The summed E-state index contributed by atoms with van der Waals surface area (Å²) in [6.45, 7) is 0. The number of fused-ring (bicyclic) bond motifs is 2. The molecule has 82 valence electrons. The molecule has 0 aliphatic carbocycles. The summed E-state index contributed by atoms with van der Waals surface area (Å²) in [5.74, 6) is 0.751. The average molecular weight is 222 g/mol. The lowest BCUT2D eigenvalue weighted by atomic mass is 10.0. The van der Waals surface area contributed by atoms with Crippen molar-refractivity contribution in [3.63, 3.8) is 0 Å². The quantitative estimate of drug-likeness (QED) is 0.533. The molecule has 3 aromatic carbocycles. The average Bonchev–Trinajstić information content (AvgIpc) is 2.39. The molecule has 0 aliphatic rings. The third-order valence-corrected chi connectivity index (χ3v) is 2.93. The molecule has 0 saturated carbocycles. The van der Waals surface area contributed by atoms with E-state index in [2.05, 4.69) is 6.07 Å². The Morgan fingerprint density at radius 3 is 1.88 bits per heavy atom. The van der Waals surface area contributed by atoms with E-state index < -0.39 is 0 Å². The predicted octanol–water partition coefficient (Wildman–Crippen LogP) is 2.63. The molecule has 0 fully saturated rings. The minimum absolute atomic E-state index is 0.308. The summed E-state index contributed by atoms with van der Waals surface area (Å²) in [6, 6.07) is 18.2. The van der Waals surface area contributed by atoms with E-state index in [0.717, 1.165) is 27.3 Å². The molecule has 3 heteroatoms. The minimum Gasteiger partial charge on any atom is -0.538 e. The molecule has 0 unspecified atom stereocenters. The zero-order valence-electron chi connectivity index (χ0n) is 9.26. The molecule has 2 nitrogen and oxygen atoms in total. The third kappa shape index (κ3) is 1.65. The zero-order chi connectivity index (χ0) is 11.7. The van der Waals surface area contributed by atoms with Gasteiger partial charge in [0.05, 0.1) is 0 Å². The highest BCUT2D eigenvalue weighted by atomic mass is 16.5. The molecular formula is C14H11BO2. The maximum atomic E-state index is 9.02. The van der Waals surface area contributed by atoms with E-state index in [-0.39, 0.29) is 7.69 Å². The molecule has 3 aromatic rings. The molecule has 0 amide bonds. The first-order valence-corrected chi connectivity index (χ1v) is 5.54. The minimum atomic E-state index is -0.308. The summed E-state index contributed by atoms with van der Waals surface area (Å²) in [5.41, 5.74) is 0. The van der Waals surface area contributed by atoms with Gasteiger partial charge in [0.2, 0.25) is 0 Å². The third-order valence-electron chi connectivity index (χ3n) is 2.93. The Balaban J connectivity index is 2.47. The van der Waals surface area contributed by atoms with Crippen LogP contribution in [0.3, 0.4) is 0 Å². The Morgan fingerprint density at radius 2 is 1.35 bits per heavy atom. The van der Waals surface area contributed by atoms with Crippen LogP contribution in [0.2, 0.25) is 0 Å². The molecule has 0 saturated heterocycles. The highest BCUT2D eigenvalue weighted by Crippen LogP contribution is 2.34.